The fraction of sp³-hybridized carbons (Fsp3) is 0. The molecule has 4 aromatic rings. The van der Waals surface area contributed by atoms with Gasteiger partial charge in [-0.1, -0.05) is 97.1 Å². The molecular formula is C24H20O3. The minimum atomic E-state index is 0.591. The van der Waals surface area contributed by atoms with Gasteiger partial charge in [0.1, 0.15) is 0 Å². The highest BCUT2D eigenvalue weighted by Crippen LogP contribution is 2.17. The van der Waals surface area contributed by atoms with E-state index in [0.717, 1.165) is 0 Å². The monoisotopic (exact) mass is 356 g/mol. The summed E-state index contributed by atoms with van der Waals surface area (Å²) in [4.78, 5) is 9.78. The SMILES string of the molecule is c1ccc(-c2ccccc2)cc1.c1ccc(OOOc2ccccc2)cc1. The van der Waals surface area contributed by atoms with Gasteiger partial charge in [-0.2, -0.15) is 0 Å². The zero-order valence-corrected chi connectivity index (χ0v) is 14.8. The maximum atomic E-state index is 4.89. The number of para-hydroxylation sites is 2. The molecule has 4 aromatic carbocycles. The Morgan fingerprint density at radius 3 is 0.963 bits per heavy atom. The molecule has 0 atom stereocenters. The topological polar surface area (TPSA) is 27.7 Å². The van der Waals surface area contributed by atoms with E-state index in [1.54, 1.807) is 24.3 Å². The Hall–Kier alpha value is -3.56. The third-order valence-electron chi connectivity index (χ3n) is 3.63. The van der Waals surface area contributed by atoms with Crippen molar-refractivity contribution in [2.75, 3.05) is 0 Å². The summed E-state index contributed by atoms with van der Waals surface area (Å²) in [5.41, 5.74) is 2.55. The fourth-order valence-electron chi connectivity index (χ4n) is 2.31. The van der Waals surface area contributed by atoms with Crippen LogP contribution in [-0.4, -0.2) is 0 Å². The van der Waals surface area contributed by atoms with Crippen molar-refractivity contribution in [3.63, 3.8) is 0 Å². The fourth-order valence-corrected chi connectivity index (χ4v) is 2.31. The summed E-state index contributed by atoms with van der Waals surface area (Å²) in [6, 6.07) is 39.1. The summed E-state index contributed by atoms with van der Waals surface area (Å²) >= 11 is 0. The van der Waals surface area contributed by atoms with E-state index in [0.29, 0.717) is 11.5 Å². The summed E-state index contributed by atoms with van der Waals surface area (Å²) in [7, 11) is 0. The average molecular weight is 356 g/mol. The van der Waals surface area contributed by atoms with E-state index >= 15 is 0 Å². The van der Waals surface area contributed by atoms with Crippen LogP contribution in [0.4, 0.5) is 0 Å². The Morgan fingerprint density at radius 2 is 0.630 bits per heavy atom. The molecule has 0 bridgehead atoms. The van der Waals surface area contributed by atoms with Gasteiger partial charge >= 0.3 is 0 Å². The summed E-state index contributed by atoms with van der Waals surface area (Å²) in [5, 5.41) is 4.61. The highest BCUT2D eigenvalue weighted by Gasteiger charge is 1.95. The molecule has 0 amide bonds. The molecule has 3 nitrogen and oxygen atoms in total. The molecular weight excluding hydrogens is 336 g/mol. The van der Waals surface area contributed by atoms with Gasteiger partial charge in [-0.05, 0) is 35.4 Å². The van der Waals surface area contributed by atoms with Crippen molar-refractivity contribution in [2.45, 2.75) is 0 Å². The Balaban J connectivity index is 0.000000159. The van der Waals surface area contributed by atoms with Crippen LogP contribution in [0.15, 0.2) is 121 Å². The number of benzene rings is 4. The first-order valence-corrected chi connectivity index (χ1v) is 8.63. The third-order valence-corrected chi connectivity index (χ3v) is 3.63. The van der Waals surface area contributed by atoms with Crippen LogP contribution in [0.1, 0.15) is 0 Å². The van der Waals surface area contributed by atoms with Crippen LogP contribution in [0, 0.1) is 0 Å². The zero-order valence-electron chi connectivity index (χ0n) is 14.8. The second kappa shape index (κ2) is 10.4. The molecule has 0 heterocycles. The molecule has 0 radical (unpaired) electrons. The van der Waals surface area contributed by atoms with Gasteiger partial charge in [0, 0.05) is 5.04 Å². The second-order valence-corrected chi connectivity index (χ2v) is 5.59. The Kier molecular flexibility index (Phi) is 7.05. The van der Waals surface area contributed by atoms with Crippen molar-refractivity contribution in [1.29, 1.82) is 0 Å². The van der Waals surface area contributed by atoms with Crippen LogP contribution in [-0.2, 0) is 5.04 Å². The number of hydrogen-bond donors (Lipinski definition) is 0. The van der Waals surface area contributed by atoms with Gasteiger partial charge < -0.3 is 0 Å². The Bertz CT molecular complexity index is 803. The summed E-state index contributed by atoms with van der Waals surface area (Å²) in [6.45, 7) is 0. The third kappa shape index (κ3) is 6.34. The summed E-state index contributed by atoms with van der Waals surface area (Å²) < 4.78 is 0. The molecule has 0 spiro atoms. The molecule has 0 aromatic heterocycles. The van der Waals surface area contributed by atoms with Gasteiger partial charge in [0.05, 0.1) is 0 Å². The van der Waals surface area contributed by atoms with Crippen molar-refractivity contribution in [1.82, 2.24) is 0 Å². The van der Waals surface area contributed by atoms with E-state index in [2.05, 4.69) is 53.6 Å². The summed E-state index contributed by atoms with van der Waals surface area (Å²) in [6.07, 6.45) is 0. The van der Waals surface area contributed by atoms with Crippen LogP contribution < -0.4 is 9.78 Å². The second-order valence-electron chi connectivity index (χ2n) is 5.59. The van der Waals surface area contributed by atoms with Crippen molar-refractivity contribution < 1.29 is 14.8 Å². The molecule has 0 saturated carbocycles. The first-order valence-electron chi connectivity index (χ1n) is 8.63. The van der Waals surface area contributed by atoms with Crippen LogP contribution >= 0.6 is 0 Å². The first-order chi connectivity index (χ1) is 13.4. The van der Waals surface area contributed by atoms with Gasteiger partial charge in [-0.15, -0.1) is 0 Å². The summed E-state index contributed by atoms with van der Waals surface area (Å²) in [5.74, 6) is 1.18. The van der Waals surface area contributed by atoms with E-state index in [9.17, 15) is 0 Å². The highest BCUT2D eigenvalue weighted by molar-refractivity contribution is 5.62. The highest BCUT2D eigenvalue weighted by atomic mass is 17.5. The molecule has 0 fully saturated rings. The van der Waals surface area contributed by atoms with Crippen LogP contribution in [0.2, 0.25) is 0 Å². The lowest BCUT2D eigenvalue weighted by molar-refractivity contribution is -0.411. The predicted octanol–water partition coefficient (Wildman–Crippen LogP) is 6.34. The van der Waals surface area contributed by atoms with Gasteiger partial charge in [0.15, 0.2) is 11.5 Å². The molecule has 0 aliphatic heterocycles. The standard InChI is InChI=1S/C12H10O3.C12H10/c1-3-7-11(8-4-1)13-15-14-12-9-5-2-6-10-12;1-3-7-11(8-4-1)12-9-5-2-6-10-12/h1-10H;1-10H. The Morgan fingerprint density at radius 1 is 0.333 bits per heavy atom. The van der Waals surface area contributed by atoms with Crippen molar-refractivity contribution in [3.8, 4) is 22.6 Å². The van der Waals surface area contributed by atoms with Crippen LogP contribution in [0.3, 0.4) is 0 Å². The number of rotatable bonds is 5. The molecule has 0 N–H and O–H groups in total. The normalized spacial score (nSPS) is 9.63. The lowest BCUT2D eigenvalue weighted by Crippen LogP contribution is -2.01. The van der Waals surface area contributed by atoms with Crippen molar-refractivity contribution >= 4 is 0 Å². The molecule has 4 rings (SSSR count). The van der Waals surface area contributed by atoms with Gasteiger partial charge in [-0.3, -0.25) is 9.78 Å². The van der Waals surface area contributed by atoms with Gasteiger partial charge in [0.2, 0.25) is 0 Å². The van der Waals surface area contributed by atoms with E-state index in [1.807, 2.05) is 48.5 Å². The van der Waals surface area contributed by atoms with E-state index in [1.165, 1.54) is 11.1 Å². The quantitative estimate of drug-likeness (QED) is 0.308. The molecule has 27 heavy (non-hydrogen) atoms. The van der Waals surface area contributed by atoms with Crippen molar-refractivity contribution in [2.24, 2.45) is 0 Å². The average Bonchev–Trinajstić information content (AvgIpc) is 2.77. The largest absolute Gasteiger partial charge is 0.299 e. The van der Waals surface area contributed by atoms with Gasteiger partial charge in [-0.25, -0.2) is 0 Å². The lowest BCUT2D eigenvalue weighted by atomic mass is 10.1. The maximum Gasteiger partial charge on any atom is 0.169 e. The molecule has 3 heteroatoms. The predicted molar refractivity (Wildman–Crippen MR) is 107 cm³/mol. The minimum Gasteiger partial charge on any atom is -0.299 e. The Labute approximate surface area is 159 Å². The van der Waals surface area contributed by atoms with E-state index < -0.39 is 0 Å². The maximum absolute atomic E-state index is 4.89. The van der Waals surface area contributed by atoms with Crippen molar-refractivity contribution in [3.05, 3.63) is 121 Å². The molecule has 0 aliphatic rings. The van der Waals surface area contributed by atoms with E-state index in [-0.39, 0.29) is 0 Å². The first kappa shape index (κ1) is 18.2. The molecule has 134 valence electrons. The molecule has 0 saturated heterocycles. The number of hydrogen-bond acceptors (Lipinski definition) is 3. The minimum absolute atomic E-state index is 0.591. The zero-order chi connectivity index (χ0) is 18.6. The van der Waals surface area contributed by atoms with Gasteiger partial charge in [0.25, 0.3) is 0 Å². The smallest absolute Gasteiger partial charge is 0.169 e. The van der Waals surface area contributed by atoms with Crippen LogP contribution in [0.5, 0.6) is 11.5 Å². The van der Waals surface area contributed by atoms with Crippen LogP contribution in [0.25, 0.3) is 11.1 Å². The lowest BCUT2D eigenvalue weighted by Gasteiger charge is -2.03. The molecule has 0 aliphatic carbocycles. The molecule has 0 unspecified atom stereocenters. The van der Waals surface area contributed by atoms with E-state index in [4.69, 9.17) is 9.78 Å².